The molecule has 1 aromatic carbocycles. The minimum Gasteiger partial charge on any atom is -0.354 e. The first-order valence-corrected chi connectivity index (χ1v) is 9.49. The zero-order valence-corrected chi connectivity index (χ0v) is 17.0. The molecule has 2 amide bonds. The SMILES string of the molecule is Cc1nn(-c2ccccc2)cc1C(=O)N1CCCCC1CNC(=O)CCN.Cl. The molecule has 1 aromatic heterocycles. The summed E-state index contributed by atoms with van der Waals surface area (Å²) in [7, 11) is 0. The first-order chi connectivity index (χ1) is 13.1. The van der Waals surface area contributed by atoms with E-state index < -0.39 is 0 Å². The maximum Gasteiger partial charge on any atom is 0.257 e. The average molecular weight is 406 g/mol. The van der Waals surface area contributed by atoms with Gasteiger partial charge in [0.05, 0.1) is 16.9 Å². The van der Waals surface area contributed by atoms with Crippen molar-refractivity contribution in [2.75, 3.05) is 19.6 Å². The van der Waals surface area contributed by atoms with Crippen molar-refractivity contribution in [3.8, 4) is 5.69 Å². The van der Waals surface area contributed by atoms with Crippen molar-refractivity contribution < 1.29 is 9.59 Å². The van der Waals surface area contributed by atoms with Crippen LogP contribution >= 0.6 is 12.4 Å². The summed E-state index contributed by atoms with van der Waals surface area (Å²) < 4.78 is 1.74. The zero-order chi connectivity index (χ0) is 19.2. The van der Waals surface area contributed by atoms with E-state index >= 15 is 0 Å². The smallest absolute Gasteiger partial charge is 0.257 e. The van der Waals surface area contributed by atoms with Crippen LogP contribution in [0, 0.1) is 6.92 Å². The summed E-state index contributed by atoms with van der Waals surface area (Å²) in [4.78, 5) is 26.8. The number of aryl methyl sites for hydroxylation is 1. The number of rotatable bonds is 6. The second-order valence-electron chi connectivity index (χ2n) is 6.90. The Kier molecular flexibility index (Phi) is 8.02. The summed E-state index contributed by atoms with van der Waals surface area (Å²) in [6, 6.07) is 9.75. The lowest BCUT2D eigenvalue weighted by Gasteiger charge is -2.35. The van der Waals surface area contributed by atoms with Crippen LogP contribution in [0.15, 0.2) is 36.5 Å². The molecule has 1 aliphatic heterocycles. The van der Waals surface area contributed by atoms with Crippen molar-refractivity contribution in [2.24, 2.45) is 5.73 Å². The van der Waals surface area contributed by atoms with Crippen LogP contribution in [-0.2, 0) is 4.79 Å². The standard InChI is InChI=1S/C20H27N5O2.ClH/c1-15-18(14-25(23-15)16-7-3-2-4-8-16)20(27)24-12-6-5-9-17(24)13-22-19(26)10-11-21;/h2-4,7-8,14,17H,5-6,9-13,21H2,1H3,(H,22,26);1H. The van der Waals surface area contributed by atoms with Gasteiger partial charge in [-0.1, -0.05) is 18.2 Å². The Morgan fingerprint density at radius 2 is 2.00 bits per heavy atom. The van der Waals surface area contributed by atoms with Crippen molar-refractivity contribution >= 4 is 24.2 Å². The molecule has 2 heterocycles. The molecule has 1 saturated heterocycles. The highest BCUT2D eigenvalue weighted by Crippen LogP contribution is 2.21. The van der Waals surface area contributed by atoms with Gasteiger partial charge in [-0.2, -0.15) is 5.10 Å². The molecular weight excluding hydrogens is 378 g/mol. The zero-order valence-electron chi connectivity index (χ0n) is 16.1. The number of halogens is 1. The number of nitrogens with zero attached hydrogens (tertiary/aromatic N) is 3. The summed E-state index contributed by atoms with van der Waals surface area (Å²) >= 11 is 0. The lowest BCUT2D eigenvalue weighted by molar-refractivity contribution is -0.121. The number of hydrogen-bond acceptors (Lipinski definition) is 4. The summed E-state index contributed by atoms with van der Waals surface area (Å²) in [5.74, 6) is -0.0870. The first-order valence-electron chi connectivity index (χ1n) is 9.49. The number of carbonyl (C=O) groups excluding carboxylic acids is 2. The van der Waals surface area contributed by atoms with E-state index in [-0.39, 0.29) is 30.3 Å². The molecule has 0 saturated carbocycles. The molecule has 0 aliphatic carbocycles. The predicted octanol–water partition coefficient (Wildman–Crippen LogP) is 2.06. The van der Waals surface area contributed by atoms with Gasteiger partial charge < -0.3 is 16.0 Å². The quantitative estimate of drug-likeness (QED) is 0.769. The topological polar surface area (TPSA) is 93.2 Å². The highest BCUT2D eigenvalue weighted by Gasteiger charge is 2.29. The van der Waals surface area contributed by atoms with Crippen LogP contribution in [0.5, 0.6) is 0 Å². The van der Waals surface area contributed by atoms with E-state index in [1.54, 1.807) is 10.9 Å². The first kappa shape index (κ1) is 21.9. The lowest BCUT2D eigenvalue weighted by atomic mass is 10.0. The number of carbonyl (C=O) groups is 2. The van der Waals surface area contributed by atoms with Crippen molar-refractivity contribution in [1.82, 2.24) is 20.0 Å². The van der Waals surface area contributed by atoms with E-state index in [0.717, 1.165) is 24.9 Å². The van der Waals surface area contributed by atoms with Crippen LogP contribution in [0.4, 0.5) is 0 Å². The highest BCUT2D eigenvalue weighted by atomic mass is 35.5. The molecule has 2 aromatic rings. The lowest BCUT2D eigenvalue weighted by Crippen LogP contribution is -2.49. The number of para-hydroxylation sites is 1. The summed E-state index contributed by atoms with van der Waals surface area (Å²) in [5, 5.41) is 7.41. The van der Waals surface area contributed by atoms with Gasteiger partial charge in [0.25, 0.3) is 5.91 Å². The van der Waals surface area contributed by atoms with Crippen LogP contribution in [0.2, 0.25) is 0 Å². The van der Waals surface area contributed by atoms with Gasteiger partial charge in [-0.25, -0.2) is 4.68 Å². The third-order valence-corrected chi connectivity index (χ3v) is 4.94. The Morgan fingerprint density at radius 3 is 2.71 bits per heavy atom. The van der Waals surface area contributed by atoms with Crippen LogP contribution in [0.3, 0.4) is 0 Å². The molecule has 8 heteroatoms. The fraction of sp³-hybridized carbons (Fsp3) is 0.450. The van der Waals surface area contributed by atoms with E-state index in [1.807, 2.05) is 42.2 Å². The van der Waals surface area contributed by atoms with E-state index in [9.17, 15) is 9.59 Å². The van der Waals surface area contributed by atoms with Gasteiger partial charge in [-0.15, -0.1) is 12.4 Å². The van der Waals surface area contributed by atoms with Gasteiger partial charge in [-0.05, 0) is 38.3 Å². The van der Waals surface area contributed by atoms with Gasteiger partial charge in [0.15, 0.2) is 0 Å². The van der Waals surface area contributed by atoms with Crippen LogP contribution in [0.25, 0.3) is 5.69 Å². The molecule has 3 N–H and O–H groups in total. The highest BCUT2D eigenvalue weighted by molar-refractivity contribution is 5.95. The number of aromatic nitrogens is 2. The molecule has 28 heavy (non-hydrogen) atoms. The Hall–Kier alpha value is -2.38. The van der Waals surface area contributed by atoms with Gasteiger partial charge in [-0.3, -0.25) is 9.59 Å². The van der Waals surface area contributed by atoms with E-state index in [4.69, 9.17) is 5.73 Å². The van der Waals surface area contributed by atoms with E-state index in [0.29, 0.717) is 37.3 Å². The Labute approximate surface area is 171 Å². The Morgan fingerprint density at radius 1 is 1.25 bits per heavy atom. The Balaban J connectivity index is 0.00000280. The third kappa shape index (κ3) is 5.11. The number of likely N-dealkylation sites (tertiary alicyclic amines) is 1. The second-order valence-corrected chi connectivity index (χ2v) is 6.90. The van der Waals surface area contributed by atoms with Gasteiger partial charge in [0.2, 0.25) is 5.91 Å². The summed E-state index contributed by atoms with van der Waals surface area (Å²) in [6.45, 7) is 3.36. The molecule has 1 atom stereocenters. The molecule has 0 spiro atoms. The van der Waals surface area contributed by atoms with Gasteiger partial charge >= 0.3 is 0 Å². The molecule has 1 aliphatic rings. The number of hydrogen-bond donors (Lipinski definition) is 2. The minimum atomic E-state index is -0.0662. The number of piperidine rings is 1. The number of nitrogens with two attached hydrogens (primary N) is 1. The molecule has 152 valence electrons. The monoisotopic (exact) mass is 405 g/mol. The fourth-order valence-corrected chi connectivity index (χ4v) is 3.47. The maximum atomic E-state index is 13.2. The Bertz CT molecular complexity index is 793. The average Bonchev–Trinajstić information content (AvgIpc) is 3.09. The second kappa shape index (κ2) is 10.2. The molecule has 7 nitrogen and oxygen atoms in total. The van der Waals surface area contributed by atoms with Gasteiger partial charge in [0.1, 0.15) is 0 Å². The van der Waals surface area contributed by atoms with Crippen molar-refractivity contribution in [3.63, 3.8) is 0 Å². The summed E-state index contributed by atoms with van der Waals surface area (Å²) in [5.41, 5.74) is 7.66. The van der Waals surface area contributed by atoms with Crippen LogP contribution in [0.1, 0.15) is 41.7 Å². The minimum absolute atomic E-state index is 0. The van der Waals surface area contributed by atoms with Gasteiger partial charge in [0, 0.05) is 38.3 Å². The predicted molar refractivity (Wildman–Crippen MR) is 111 cm³/mol. The van der Waals surface area contributed by atoms with Crippen LogP contribution in [-0.4, -0.2) is 52.2 Å². The molecule has 1 unspecified atom stereocenters. The molecular formula is C20H28ClN5O2. The fourth-order valence-electron chi connectivity index (χ4n) is 3.47. The molecule has 1 fully saturated rings. The third-order valence-electron chi connectivity index (χ3n) is 4.94. The van der Waals surface area contributed by atoms with E-state index in [2.05, 4.69) is 10.4 Å². The molecule has 3 rings (SSSR count). The van der Waals surface area contributed by atoms with Crippen LogP contribution < -0.4 is 11.1 Å². The normalized spacial score (nSPS) is 16.4. The summed E-state index contributed by atoms with van der Waals surface area (Å²) in [6.07, 6.45) is 5.03. The van der Waals surface area contributed by atoms with Crippen molar-refractivity contribution in [2.45, 2.75) is 38.6 Å². The molecule has 0 radical (unpaired) electrons. The number of benzene rings is 1. The maximum absolute atomic E-state index is 13.2. The largest absolute Gasteiger partial charge is 0.354 e. The number of amides is 2. The van der Waals surface area contributed by atoms with Crippen molar-refractivity contribution in [1.29, 1.82) is 0 Å². The number of nitrogens with one attached hydrogen (secondary N) is 1. The molecule has 0 bridgehead atoms. The van der Waals surface area contributed by atoms with E-state index in [1.165, 1.54) is 0 Å². The van der Waals surface area contributed by atoms with Crippen molar-refractivity contribution in [3.05, 3.63) is 47.8 Å².